The Labute approximate surface area is 432 Å². The molecule has 1 aliphatic rings. The third-order valence-corrected chi connectivity index (χ3v) is 8.69. The quantitative estimate of drug-likeness (QED) is 0.0649. The Morgan fingerprint density at radius 1 is 0.580 bits per heavy atom. The number of carbonyl (C=O) groups excluding carboxylic acids is 1. The van der Waals surface area contributed by atoms with E-state index in [2.05, 4.69) is 5.32 Å². The summed E-state index contributed by atoms with van der Waals surface area (Å²) in [6.07, 6.45) is 5.66. The van der Waals surface area contributed by atoms with Gasteiger partial charge in [0.05, 0.1) is 149 Å². The Morgan fingerprint density at radius 3 is 1.42 bits per heavy atom. The van der Waals surface area contributed by atoms with E-state index in [1.807, 2.05) is 145 Å². The summed E-state index contributed by atoms with van der Waals surface area (Å²) in [5.41, 5.74) is -0.349. The fourth-order valence-corrected chi connectivity index (χ4v) is 5.78. The molecule has 400 valence electrons. The molecule has 1 rings (SSSR count). The van der Waals surface area contributed by atoms with Gasteiger partial charge in [0.1, 0.15) is 20.1 Å². The van der Waals surface area contributed by atoms with Gasteiger partial charge in [0.25, 0.3) is 0 Å². The van der Waals surface area contributed by atoms with Gasteiger partial charge < -0.3 is 57.4 Å². The van der Waals surface area contributed by atoms with Crippen LogP contribution < -0.4 is 5.32 Å². The molecule has 0 saturated carbocycles. The number of rotatable bonds is 32. The van der Waals surface area contributed by atoms with Crippen molar-refractivity contribution in [3.63, 3.8) is 0 Å². The average molecular weight is 977 g/mol. The number of carbonyl (C=O) groups is 1. The highest BCUT2D eigenvalue weighted by Gasteiger charge is 2.36. The molecule has 18 heteroatoms. The number of hydrogen-bond donors (Lipinski definition) is 1. The fraction of sp³-hybridized carbons (Fsp3) is 0.980. The zero-order valence-corrected chi connectivity index (χ0v) is 48.0. The van der Waals surface area contributed by atoms with Gasteiger partial charge in [-0.05, 0) is 165 Å². The van der Waals surface area contributed by atoms with Crippen LogP contribution in [-0.2, 0) is 56.9 Å². The molecule has 1 aliphatic heterocycles. The van der Waals surface area contributed by atoms with Crippen LogP contribution in [0.25, 0.3) is 0 Å². The minimum atomic E-state index is -0.360. The van der Waals surface area contributed by atoms with E-state index >= 15 is 0 Å². The molecule has 6 atom stereocenters. The Balaban J connectivity index is -0.000000384. The Bertz CT molecular complexity index is 1120. The van der Waals surface area contributed by atoms with Crippen molar-refractivity contribution < 1.29 is 56.9 Å². The summed E-state index contributed by atoms with van der Waals surface area (Å²) < 4.78 is 60.8. The first-order valence-corrected chi connectivity index (χ1v) is 25.8. The maximum atomic E-state index is 11.2. The highest BCUT2D eigenvalue weighted by Crippen LogP contribution is 2.21. The van der Waals surface area contributed by atoms with Gasteiger partial charge in [0, 0.05) is 12.6 Å². The average Bonchev–Trinajstić information content (AvgIpc) is 3.55. The van der Waals surface area contributed by atoms with Crippen LogP contribution in [0.4, 0.5) is 0 Å². The monoisotopic (exact) mass is 978 g/mol. The molecule has 0 aliphatic carbocycles. The van der Waals surface area contributed by atoms with Crippen LogP contribution in [0.3, 0.4) is 0 Å². The number of amides is 1. The maximum Gasteiger partial charge on any atom is 0.211 e. The fourth-order valence-electron chi connectivity index (χ4n) is 5.78. The van der Waals surface area contributed by atoms with Crippen LogP contribution in [-0.4, -0.2) is 188 Å². The molecule has 1 saturated heterocycles. The van der Waals surface area contributed by atoms with Gasteiger partial charge in [0.15, 0.2) is 0 Å². The van der Waals surface area contributed by atoms with Crippen LogP contribution in [0.5, 0.6) is 0 Å². The summed E-state index contributed by atoms with van der Waals surface area (Å²) in [7, 11) is 27.7. The molecule has 1 fully saturated rings. The van der Waals surface area contributed by atoms with Crippen LogP contribution in [0, 0.1) is 0 Å². The summed E-state index contributed by atoms with van der Waals surface area (Å²) in [4.78, 5) is 11.2. The molecule has 1 N–H and O–H groups in total. The topological polar surface area (TPSA) is 131 Å². The zero-order chi connectivity index (χ0) is 54.3. The number of ether oxygens (including phenoxy) is 11. The minimum absolute atomic E-state index is 0.0140. The lowest BCUT2D eigenvalue weighted by Gasteiger charge is -2.31. The van der Waals surface area contributed by atoms with Gasteiger partial charge in [-0.3, -0.25) is 4.79 Å². The van der Waals surface area contributed by atoms with Gasteiger partial charge in [-0.2, -0.15) is 0 Å². The first-order chi connectivity index (χ1) is 32.0. The van der Waals surface area contributed by atoms with E-state index in [1.165, 1.54) is 0 Å². The molecule has 0 bridgehead atoms. The van der Waals surface area contributed by atoms with Crippen LogP contribution in [0.2, 0.25) is 25.3 Å². The molecule has 10 radical (unpaired) electrons. The number of nitrogens with one attached hydrogen (secondary N) is 1. The van der Waals surface area contributed by atoms with Crippen molar-refractivity contribution in [3.05, 3.63) is 0 Å². The van der Waals surface area contributed by atoms with Gasteiger partial charge in [-0.25, -0.2) is 0 Å². The van der Waals surface area contributed by atoms with E-state index in [0.717, 1.165) is 19.4 Å². The van der Waals surface area contributed by atoms with E-state index in [4.69, 9.17) is 91.3 Å². The highest BCUT2D eigenvalue weighted by atomic mass is 16.6. The minimum Gasteiger partial charge on any atom is -0.382 e. The summed E-state index contributed by atoms with van der Waals surface area (Å²) in [6, 6.07) is -0.498. The molecular weight excluding hydrogens is 873 g/mol. The summed E-state index contributed by atoms with van der Waals surface area (Å²) in [5, 5.41) is 2.76. The lowest BCUT2D eigenvalue weighted by atomic mass is 9.88. The molecule has 0 spiro atoms. The molecule has 0 aromatic heterocycles. The van der Waals surface area contributed by atoms with Crippen LogP contribution >= 0.6 is 0 Å². The smallest absolute Gasteiger partial charge is 0.211 e. The normalized spacial score (nSPS) is 17.8. The van der Waals surface area contributed by atoms with E-state index in [-0.39, 0.29) is 109 Å². The van der Waals surface area contributed by atoms with Gasteiger partial charge >= 0.3 is 0 Å². The largest absolute Gasteiger partial charge is 0.382 e. The molecule has 1 amide bonds. The Morgan fingerprint density at radius 2 is 1.04 bits per heavy atom. The predicted molar refractivity (Wildman–Crippen MR) is 289 cm³/mol. The van der Waals surface area contributed by atoms with E-state index in [1.54, 1.807) is 0 Å². The van der Waals surface area contributed by atoms with E-state index in [0.29, 0.717) is 58.1 Å². The molecule has 0 aromatic rings. The molecule has 13 nitrogen and oxygen atoms in total. The molecule has 1 heterocycles. The molecule has 0 aromatic carbocycles. The zero-order valence-electron chi connectivity index (χ0n) is 48.0. The Kier molecular flexibility index (Phi) is 49.8. The van der Waals surface area contributed by atoms with E-state index in [9.17, 15) is 4.79 Å². The van der Waals surface area contributed by atoms with Crippen LogP contribution in [0.15, 0.2) is 0 Å². The molecule has 4 unspecified atom stereocenters. The van der Waals surface area contributed by atoms with Crippen molar-refractivity contribution in [2.24, 2.45) is 0 Å². The van der Waals surface area contributed by atoms with E-state index < -0.39 is 0 Å². The standard InChI is InChI=1S/C11H22BNO3.C11H23BO2.C10H19BO3.C10H21BO2.C9H19BO2/c1-8(2)15-6-10(7-16-9(3)4)13-11(14)5-12;1-9(2)13-8-6-11(5-7-12)14-10(3)4;1-6(2)13-8-5-12-10(11)9(8)14-7(3)4;1-8(2)12-7-10(5,6-11)13-9(3)4;1-7(2)11-6-9(5-10)12-8(3)4/h8-10H,5-7H2,1-4H3,(H,13,14);9-11H,5-8H2,1-4H3;6-10H,5H2,1-4H3;8-9H,6-7H2,1-5H3;7-9H,5-6H2,1-4H3/t;;8?,9-,10+;;/m..0../s1. The Hall–Kier alpha value is -0.645. The van der Waals surface area contributed by atoms with Crippen molar-refractivity contribution in [1.29, 1.82) is 0 Å². The van der Waals surface area contributed by atoms with Crippen molar-refractivity contribution in [1.82, 2.24) is 5.32 Å². The van der Waals surface area contributed by atoms with Crippen molar-refractivity contribution in [3.8, 4) is 0 Å². The second kappa shape index (κ2) is 45.9. The third-order valence-electron chi connectivity index (χ3n) is 8.69. The van der Waals surface area contributed by atoms with Crippen LogP contribution in [0.1, 0.15) is 158 Å². The molecular formula is C51H104B5NO12. The first kappa shape index (κ1) is 74.9. The SMILES string of the molecule is [B]CC(=O)NC(COC(C)C)COC(C)C.[B]CC(C)(COC(C)C)OC(C)C.[B]CC(COC(C)C)OC(C)C.[B]CCC(CCOC(C)C)OC(C)C.[B][C@@H]1OCC(OC(C)C)[C@@H]1OC(C)C. The maximum absolute atomic E-state index is 11.2. The second-order valence-corrected chi connectivity index (χ2v) is 20.1. The summed E-state index contributed by atoms with van der Waals surface area (Å²) in [6.45, 7) is 45.3. The van der Waals surface area contributed by atoms with Gasteiger partial charge in [-0.1, -0.05) is 19.0 Å². The lowest BCUT2D eigenvalue weighted by Crippen LogP contribution is -2.42. The van der Waals surface area contributed by atoms with Gasteiger partial charge in [-0.15, -0.1) is 0 Å². The first-order valence-electron chi connectivity index (χ1n) is 25.8. The third kappa shape index (κ3) is 52.0. The summed E-state index contributed by atoms with van der Waals surface area (Å²) in [5.74, 6) is -0.190. The van der Waals surface area contributed by atoms with Crippen molar-refractivity contribution >= 4 is 45.1 Å². The molecule has 69 heavy (non-hydrogen) atoms. The van der Waals surface area contributed by atoms with Gasteiger partial charge in [0.2, 0.25) is 5.91 Å². The van der Waals surface area contributed by atoms with Crippen molar-refractivity contribution in [2.75, 3.05) is 39.6 Å². The second-order valence-electron chi connectivity index (χ2n) is 20.1. The predicted octanol–water partition coefficient (Wildman–Crippen LogP) is 8.55. The van der Waals surface area contributed by atoms with Crippen molar-refractivity contribution in [2.45, 2.75) is 287 Å². The highest BCUT2D eigenvalue weighted by molar-refractivity contribution is 6.19. The lowest BCUT2D eigenvalue weighted by molar-refractivity contribution is -0.121. The summed E-state index contributed by atoms with van der Waals surface area (Å²) >= 11 is 0. The number of hydrogen-bond acceptors (Lipinski definition) is 12.